The van der Waals surface area contributed by atoms with E-state index in [1.165, 1.54) is 167 Å². The predicted octanol–water partition coefficient (Wildman–Crippen LogP) is 14.8. The smallest absolute Gasteiger partial charge is 0.462 e. The molecule has 0 aromatic heterocycles. The van der Waals surface area contributed by atoms with E-state index in [2.05, 4.69) is 30.5 Å². The van der Waals surface area contributed by atoms with Crippen LogP contribution in [0.4, 0.5) is 0 Å². The highest BCUT2D eigenvalue weighted by atomic mass is 31.2. The van der Waals surface area contributed by atoms with Gasteiger partial charge in [-0.25, -0.2) is 4.57 Å². The van der Waals surface area contributed by atoms with E-state index in [0.29, 0.717) is 12.8 Å². The van der Waals surface area contributed by atoms with Crippen LogP contribution in [0.2, 0.25) is 0 Å². The Morgan fingerprint density at radius 3 is 1.18 bits per heavy atom. The second-order valence-corrected chi connectivity index (χ2v) is 17.5. The third-order valence-electron chi connectivity index (χ3n) is 10.5. The van der Waals surface area contributed by atoms with E-state index in [4.69, 9.17) is 14.0 Å². The summed E-state index contributed by atoms with van der Waals surface area (Å²) in [6.45, 7) is 3.92. The van der Waals surface area contributed by atoms with Crippen LogP contribution >= 0.6 is 7.82 Å². The molecule has 0 bridgehead atoms. The van der Waals surface area contributed by atoms with E-state index < -0.39 is 26.5 Å². The Kier molecular flexibility index (Phi) is 41.5. The van der Waals surface area contributed by atoms with Crippen molar-refractivity contribution in [2.45, 2.75) is 251 Å². The molecule has 0 amide bonds. The lowest BCUT2D eigenvalue weighted by Crippen LogP contribution is -2.29. The fraction of sp³-hybridized carbons (Fsp3) is 0.913. The maximum Gasteiger partial charge on any atom is 0.472 e. The van der Waals surface area contributed by atoms with Gasteiger partial charge in [-0.3, -0.25) is 18.6 Å². The van der Waals surface area contributed by atoms with Crippen molar-refractivity contribution in [2.75, 3.05) is 20.3 Å². The fourth-order valence-corrected chi connectivity index (χ4v) is 7.35. The highest BCUT2D eigenvalue weighted by molar-refractivity contribution is 7.47. The number of unbranched alkanes of at least 4 members (excludes halogenated alkanes) is 31. The van der Waals surface area contributed by atoms with Crippen molar-refractivity contribution < 1.29 is 37.6 Å². The van der Waals surface area contributed by atoms with Crippen LogP contribution in [-0.2, 0) is 32.7 Å². The lowest BCUT2D eigenvalue weighted by atomic mass is 10.0. The number of allylic oxidation sites excluding steroid dienone is 2. The van der Waals surface area contributed by atoms with Crippen molar-refractivity contribution in [3.05, 3.63) is 12.2 Å². The average molecular weight is 801 g/mol. The number of hydrogen-bond acceptors (Lipinski definition) is 7. The minimum absolute atomic E-state index is 0.221. The van der Waals surface area contributed by atoms with Gasteiger partial charge in [-0.05, 0) is 38.5 Å². The first kappa shape index (κ1) is 53.8. The summed E-state index contributed by atoms with van der Waals surface area (Å²) in [5, 5.41) is 0. The molecule has 0 aliphatic carbocycles. The van der Waals surface area contributed by atoms with Crippen LogP contribution in [0.3, 0.4) is 0 Å². The summed E-state index contributed by atoms with van der Waals surface area (Å²) < 4.78 is 32.1. The number of phosphoric ester groups is 1. The summed E-state index contributed by atoms with van der Waals surface area (Å²) >= 11 is 0. The summed E-state index contributed by atoms with van der Waals surface area (Å²) in [6, 6.07) is 0. The van der Waals surface area contributed by atoms with Gasteiger partial charge in [0.25, 0.3) is 0 Å². The van der Waals surface area contributed by atoms with Gasteiger partial charge in [0.1, 0.15) is 6.61 Å². The molecule has 55 heavy (non-hydrogen) atoms. The zero-order chi connectivity index (χ0) is 40.3. The lowest BCUT2D eigenvalue weighted by molar-refractivity contribution is -0.161. The first-order chi connectivity index (χ1) is 26.8. The topological polar surface area (TPSA) is 108 Å². The van der Waals surface area contributed by atoms with E-state index in [1.54, 1.807) is 0 Å². The van der Waals surface area contributed by atoms with Crippen LogP contribution in [0.5, 0.6) is 0 Å². The van der Waals surface area contributed by atoms with Crippen molar-refractivity contribution in [3.63, 3.8) is 0 Å². The SMILES string of the molecule is CCCCCCCC/C=C\CCCCCCCCCC(=O)OC(COC(=O)CCCCCCCCCCCCCCCCCCCCC)COP(=O)(O)OC. The molecule has 0 aliphatic rings. The van der Waals surface area contributed by atoms with Crippen LogP contribution in [-0.4, -0.2) is 43.3 Å². The molecule has 1 N–H and O–H groups in total. The van der Waals surface area contributed by atoms with E-state index in [-0.39, 0.29) is 19.0 Å². The van der Waals surface area contributed by atoms with Gasteiger partial charge >= 0.3 is 19.8 Å². The Bertz CT molecular complexity index is 910. The van der Waals surface area contributed by atoms with Crippen LogP contribution < -0.4 is 0 Å². The molecule has 8 nitrogen and oxygen atoms in total. The number of phosphoric acid groups is 1. The van der Waals surface area contributed by atoms with Crippen molar-refractivity contribution in [3.8, 4) is 0 Å². The molecule has 2 unspecified atom stereocenters. The summed E-state index contributed by atoms with van der Waals surface area (Å²) in [5.41, 5.74) is 0. The number of rotatable bonds is 44. The highest BCUT2D eigenvalue weighted by Gasteiger charge is 2.24. The van der Waals surface area contributed by atoms with E-state index in [9.17, 15) is 19.0 Å². The molecule has 2 atom stereocenters. The van der Waals surface area contributed by atoms with Gasteiger partial charge in [0, 0.05) is 20.0 Å². The largest absolute Gasteiger partial charge is 0.472 e. The van der Waals surface area contributed by atoms with Gasteiger partial charge in [0.2, 0.25) is 0 Å². The Morgan fingerprint density at radius 2 is 0.818 bits per heavy atom. The number of carbonyl (C=O) groups excluding carboxylic acids is 2. The minimum atomic E-state index is -4.26. The third-order valence-corrected chi connectivity index (χ3v) is 11.4. The summed E-state index contributed by atoms with van der Waals surface area (Å²) in [5.74, 6) is -0.794. The van der Waals surface area contributed by atoms with Gasteiger partial charge in [-0.15, -0.1) is 0 Å². The molecule has 0 saturated carbocycles. The van der Waals surface area contributed by atoms with E-state index >= 15 is 0 Å². The first-order valence-corrected chi connectivity index (χ1v) is 24.9. The standard InChI is InChI=1S/C46H89O8P/c1-4-6-8-10-12-14-16-18-20-22-23-25-26-28-30-32-34-36-38-40-45(47)52-42-44(43-53-55(49,50)51-3)54-46(48)41-39-37-35-33-31-29-27-24-21-19-17-15-13-11-9-7-5-2/h19,21,44H,4-18,20,22-43H2,1-3H3,(H,49,50)/b21-19-. The summed E-state index contributed by atoms with van der Waals surface area (Å²) in [7, 11) is -3.19. The number of hydrogen-bond donors (Lipinski definition) is 1. The maximum atomic E-state index is 12.5. The monoisotopic (exact) mass is 801 g/mol. The van der Waals surface area contributed by atoms with Crippen molar-refractivity contribution in [1.82, 2.24) is 0 Å². The van der Waals surface area contributed by atoms with Crippen LogP contribution in [0.15, 0.2) is 12.2 Å². The molecule has 326 valence electrons. The van der Waals surface area contributed by atoms with Crippen molar-refractivity contribution >= 4 is 19.8 Å². The lowest BCUT2D eigenvalue weighted by Gasteiger charge is -2.19. The zero-order valence-electron chi connectivity index (χ0n) is 36.4. The van der Waals surface area contributed by atoms with Gasteiger partial charge < -0.3 is 14.4 Å². The quantitative estimate of drug-likeness (QED) is 0.0281. The number of ether oxygens (including phenoxy) is 2. The fourth-order valence-electron chi connectivity index (χ4n) is 6.89. The molecule has 0 aliphatic heterocycles. The molecule has 9 heteroatoms. The Hall–Kier alpha value is -1.21. The van der Waals surface area contributed by atoms with Crippen molar-refractivity contribution in [1.29, 1.82) is 0 Å². The molecule has 0 radical (unpaired) electrons. The van der Waals surface area contributed by atoms with Crippen LogP contribution in [0, 0.1) is 0 Å². The number of esters is 2. The first-order valence-electron chi connectivity index (χ1n) is 23.4. The van der Waals surface area contributed by atoms with Crippen molar-refractivity contribution in [2.24, 2.45) is 0 Å². The molecular weight excluding hydrogens is 711 g/mol. The molecule has 0 saturated heterocycles. The minimum Gasteiger partial charge on any atom is -0.462 e. The molecule has 0 spiro atoms. The zero-order valence-corrected chi connectivity index (χ0v) is 37.2. The molecular formula is C46H89O8P. The normalized spacial score (nSPS) is 13.3. The van der Waals surface area contributed by atoms with Crippen LogP contribution in [0.1, 0.15) is 245 Å². The Morgan fingerprint density at radius 1 is 0.491 bits per heavy atom. The predicted molar refractivity (Wildman–Crippen MR) is 230 cm³/mol. The van der Waals surface area contributed by atoms with Gasteiger partial charge in [0.05, 0.1) is 6.61 Å². The summed E-state index contributed by atoms with van der Waals surface area (Å²) in [6.07, 6.45) is 46.9. The van der Waals surface area contributed by atoms with Gasteiger partial charge in [0.15, 0.2) is 6.10 Å². The average Bonchev–Trinajstić information content (AvgIpc) is 3.18. The van der Waals surface area contributed by atoms with Gasteiger partial charge in [-0.1, -0.05) is 206 Å². The highest BCUT2D eigenvalue weighted by Crippen LogP contribution is 2.42. The Labute approximate surface area is 340 Å². The second-order valence-electron chi connectivity index (χ2n) is 15.9. The molecule has 0 aromatic carbocycles. The molecule has 0 aromatic rings. The maximum absolute atomic E-state index is 12.5. The molecule has 0 heterocycles. The third kappa shape index (κ3) is 42.2. The van der Waals surface area contributed by atoms with E-state index in [0.717, 1.165) is 52.1 Å². The summed E-state index contributed by atoms with van der Waals surface area (Å²) in [4.78, 5) is 34.5. The molecule has 0 rings (SSSR count). The second kappa shape index (κ2) is 42.4. The molecule has 0 fully saturated rings. The van der Waals surface area contributed by atoms with E-state index in [1.807, 2.05) is 0 Å². The van der Waals surface area contributed by atoms with Crippen LogP contribution in [0.25, 0.3) is 0 Å². The number of carbonyl (C=O) groups is 2. The van der Waals surface area contributed by atoms with Gasteiger partial charge in [-0.2, -0.15) is 0 Å². The Balaban J connectivity index is 3.91.